The van der Waals surface area contributed by atoms with Crippen molar-refractivity contribution in [2.24, 2.45) is 0 Å². The number of amides is 1. The molecule has 0 radical (unpaired) electrons. The van der Waals surface area contributed by atoms with Crippen LogP contribution in [0.2, 0.25) is 0 Å². The predicted octanol–water partition coefficient (Wildman–Crippen LogP) is 4.16. The molecular formula is C14H17BrN2OS. The van der Waals surface area contributed by atoms with Gasteiger partial charge in [0.2, 0.25) is 0 Å². The molecular weight excluding hydrogens is 324 g/mol. The van der Waals surface area contributed by atoms with Gasteiger partial charge in [-0.15, -0.1) is 11.3 Å². The SMILES string of the molecule is CCCC(C)NC(=O)c1sc2cccc(Br)c2c1N. The van der Waals surface area contributed by atoms with E-state index in [2.05, 4.69) is 28.2 Å². The van der Waals surface area contributed by atoms with Crippen LogP contribution in [0, 0.1) is 0 Å². The minimum atomic E-state index is -0.0773. The van der Waals surface area contributed by atoms with Gasteiger partial charge >= 0.3 is 0 Å². The van der Waals surface area contributed by atoms with Crippen LogP contribution in [0.1, 0.15) is 36.4 Å². The highest BCUT2D eigenvalue weighted by Crippen LogP contribution is 2.38. The molecule has 1 atom stereocenters. The molecule has 102 valence electrons. The number of benzene rings is 1. The molecule has 0 fully saturated rings. The second-order valence-corrected chi connectivity index (χ2v) is 6.53. The van der Waals surface area contributed by atoms with E-state index < -0.39 is 0 Å². The standard InChI is InChI=1S/C14H17BrN2OS/c1-3-5-8(2)17-14(18)13-12(16)11-9(15)6-4-7-10(11)19-13/h4,6-8H,3,5,16H2,1-2H3,(H,17,18). The number of rotatable bonds is 4. The van der Waals surface area contributed by atoms with Gasteiger partial charge in [-0.2, -0.15) is 0 Å². The third-order valence-electron chi connectivity index (χ3n) is 3.01. The van der Waals surface area contributed by atoms with Crippen molar-refractivity contribution in [1.82, 2.24) is 5.32 Å². The fraction of sp³-hybridized carbons (Fsp3) is 0.357. The Morgan fingerprint density at radius 3 is 2.89 bits per heavy atom. The number of carbonyl (C=O) groups is 1. The summed E-state index contributed by atoms with van der Waals surface area (Å²) in [4.78, 5) is 12.8. The zero-order valence-corrected chi connectivity index (χ0v) is 13.4. The van der Waals surface area contributed by atoms with Crippen molar-refractivity contribution in [3.05, 3.63) is 27.5 Å². The molecule has 19 heavy (non-hydrogen) atoms. The Labute approximate surface area is 125 Å². The largest absolute Gasteiger partial charge is 0.397 e. The number of anilines is 1. The lowest BCUT2D eigenvalue weighted by Gasteiger charge is -2.11. The maximum Gasteiger partial charge on any atom is 0.263 e. The Hall–Kier alpha value is -1.07. The molecule has 3 N–H and O–H groups in total. The van der Waals surface area contributed by atoms with Gasteiger partial charge in [-0.05, 0) is 25.5 Å². The first-order chi connectivity index (χ1) is 9.04. The maximum absolute atomic E-state index is 12.2. The molecule has 0 aliphatic heterocycles. The molecule has 0 saturated heterocycles. The minimum Gasteiger partial charge on any atom is -0.397 e. The van der Waals surface area contributed by atoms with E-state index >= 15 is 0 Å². The lowest BCUT2D eigenvalue weighted by atomic mass is 10.2. The van der Waals surface area contributed by atoms with Crippen LogP contribution in [0.5, 0.6) is 0 Å². The molecule has 1 amide bonds. The number of hydrogen-bond acceptors (Lipinski definition) is 3. The van der Waals surface area contributed by atoms with Crippen LogP contribution in [0.25, 0.3) is 10.1 Å². The van der Waals surface area contributed by atoms with Gasteiger partial charge in [0.05, 0.1) is 5.69 Å². The van der Waals surface area contributed by atoms with Crippen LogP contribution >= 0.6 is 27.3 Å². The predicted molar refractivity (Wildman–Crippen MR) is 85.8 cm³/mol. The average molecular weight is 341 g/mol. The molecule has 0 aliphatic rings. The first kappa shape index (κ1) is 14.3. The lowest BCUT2D eigenvalue weighted by Crippen LogP contribution is -2.32. The summed E-state index contributed by atoms with van der Waals surface area (Å²) in [7, 11) is 0. The highest BCUT2D eigenvalue weighted by molar-refractivity contribution is 9.10. The number of hydrogen-bond donors (Lipinski definition) is 2. The van der Waals surface area contributed by atoms with Crippen molar-refractivity contribution in [3.63, 3.8) is 0 Å². The van der Waals surface area contributed by atoms with E-state index in [-0.39, 0.29) is 11.9 Å². The Morgan fingerprint density at radius 2 is 2.26 bits per heavy atom. The molecule has 2 rings (SSSR count). The fourth-order valence-electron chi connectivity index (χ4n) is 2.09. The van der Waals surface area contributed by atoms with Crippen LogP contribution in [-0.4, -0.2) is 11.9 Å². The zero-order chi connectivity index (χ0) is 14.0. The highest BCUT2D eigenvalue weighted by Gasteiger charge is 2.18. The molecule has 0 aliphatic carbocycles. The first-order valence-electron chi connectivity index (χ1n) is 6.32. The van der Waals surface area contributed by atoms with Crippen molar-refractivity contribution >= 4 is 48.9 Å². The molecule has 1 heterocycles. The summed E-state index contributed by atoms with van der Waals surface area (Å²) in [5.41, 5.74) is 6.67. The smallest absolute Gasteiger partial charge is 0.263 e. The van der Waals surface area contributed by atoms with E-state index in [9.17, 15) is 4.79 Å². The summed E-state index contributed by atoms with van der Waals surface area (Å²) in [5.74, 6) is -0.0773. The third-order valence-corrected chi connectivity index (χ3v) is 4.84. The minimum absolute atomic E-state index is 0.0773. The van der Waals surface area contributed by atoms with Crippen molar-refractivity contribution in [1.29, 1.82) is 0 Å². The van der Waals surface area contributed by atoms with E-state index in [4.69, 9.17) is 5.73 Å². The number of nitrogens with one attached hydrogen (secondary N) is 1. The molecule has 0 bridgehead atoms. The van der Waals surface area contributed by atoms with Gasteiger partial charge in [-0.3, -0.25) is 4.79 Å². The second kappa shape index (κ2) is 5.92. The average Bonchev–Trinajstić information content (AvgIpc) is 2.68. The summed E-state index contributed by atoms with van der Waals surface area (Å²) in [6.45, 7) is 4.12. The topological polar surface area (TPSA) is 55.1 Å². The quantitative estimate of drug-likeness (QED) is 0.877. The monoisotopic (exact) mass is 340 g/mol. The van der Waals surface area contributed by atoms with E-state index in [1.165, 1.54) is 11.3 Å². The molecule has 1 aromatic carbocycles. The number of nitrogens with two attached hydrogens (primary N) is 1. The molecule has 1 aromatic heterocycles. The summed E-state index contributed by atoms with van der Waals surface area (Å²) in [5, 5.41) is 3.93. The molecule has 2 aromatic rings. The van der Waals surface area contributed by atoms with Gasteiger partial charge in [0.15, 0.2) is 0 Å². The van der Waals surface area contributed by atoms with Crippen molar-refractivity contribution in [2.75, 3.05) is 5.73 Å². The van der Waals surface area contributed by atoms with Crippen LogP contribution in [-0.2, 0) is 0 Å². The van der Waals surface area contributed by atoms with E-state index in [1.54, 1.807) is 0 Å². The summed E-state index contributed by atoms with van der Waals surface area (Å²) >= 11 is 4.92. The van der Waals surface area contributed by atoms with Gasteiger partial charge in [0.25, 0.3) is 5.91 Å². The fourth-order valence-corrected chi connectivity index (χ4v) is 3.86. The third kappa shape index (κ3) is 2.92. The second-order valence-electron chi connectivity index (χ2n) is 4.62. The lowest BCUT2D eigenvalue weighted by molar-refractivity contribution is 0.0943. The van der Waals surface area contributed by atoms with Gasteiger partial charge in [0, 0.05) is 20.6 Å². The van der Waals surface area contributed by atoms with Crippen LogP contribution < -0.4 is 11.1 Å². The summed E-state index contributed by atoms with van der Waals surface area (Å²) in [6, 6.07) is 6.04. The molecule has 1 unspecified atom stereocenters. The van der Waals surface area contributed by atoms with Crippen molar-refractivity contribution < 1.29 is 4.79 Å². The van der Waals surface area contributed by atoms with E-state index in [0.717, 1.165) is 27.4 Å². The van der Waals surface area contributed by atoms with Gasteiger partial charge < -0.3 is 11.1 Å². The van der Waals surface area contributed by atoms with Crippen LogP contribution in [0.3, 0.4) is 0 Å². The summed E-state index contributed by atoms with van der Waals surface area (Å²) < 4.78 is 1.96. The normalized spacial score (nSPS) is 12.6. The van der Waals surface area contributed by atoms with Crippen molar-refractivity contribution in [2.45, 2.75) is 32.7 Å². The Balaban J connectivity index is 2.33. The summed E-state index contributed by atoms with van der Waals surface area (Å²) in [6.07, 6.45) is 2.02. The number of carbonyl (C=O) groups excluding carboxylic acids is 1. The Kier molecular flexibility index (Phi) is 4.47. The Bertz CT molecular complexity index is 609. The number of nitrogen functional groups attached to an aromatic ring is 1. The highest BCUT2D eigenvalue weighted by atomic mass is 79.9. The van der Waals surface area contributed by atoms with Crippen LogP contribution in [0.15, 0.2) is 22.7 Å². The number of thiophene rings is 1. The first-order valence-corrected chi connectivity index (χ1v) is 7.92. The maximum atomic E-state index is 12.2. The van der Waals surface area contributed by atoms with Crippen molar-refractivity contribution in [3.8, 4) is 0 Å². The molecule has 0 spiro atoms. The number of halogens is 1. The van der Waals surface area contributed by atoms with Gasteiger partial charge in [0.1, 0.15) is 4.88 Å². The van der Waals surface area contributed by atoms with E-state index in [0.29, 0.717) is 10.6 Å². The molecule has 3 nitrogen and oxygen atoms in total. The van der Waals surface area contributed by atoms with Crippen LogP contribution in [0.4, 0.5) is 5.69 Å². The van der Waals surface area contributed by atoms with Gasteiger partial charge in [-0.25, -0.2) is 0 Å². The zero-order valence-electron chi connectivity index (χ0n) is 11.0. The van der Waals surface area contributed by atoms with Gasteiger partial charge in [-0.1, -0.05) is 35.3 Å². The Morgan fingerprint density at radius 1 is 1.53 bits per heavy atom. The molecule has 5 heteroatoms. The number of fused-ring (bicyclic) bond motifs is 1. The molecule has 0 saturated carbocycles. The van der Waals surface area contributed by atoms with E-state index in [1.807, 2.05) is 25.1 Å².